The summed E-state index contributed by atoms with van der Waals surface area (Å²) < 4.78 is 52.4. The molecule has 1 aromatic heterocycles. The van der Waals surface area contributed by atoms with Crippen LogP contribution in [0.1, 0.15) is 18.9 Å². The zero-order valence-electron chi connectivity index (χ0n) is 16.2. The predicted octanol–water partition coefficient (Wildman–Crippen LogP) is 0.757. The van der Waals surface area contributed by atoms with Crippen molar-refractivity contribution in [3.05, 3.63) is 26.7 Å². The number of rotatable bonds is 6. The first-order valence-electron chi connectivity index (χ1n) is 9.50. The van der Waals surface area contributed by atoms with Gasteiger partial charge in [-0.15, -0.1) is 0 Å². The SMILES string of the molecule is COc1c(N2CC(CN)C(OC(F)F)C2)c(F)c(N)c2c(=O)[nH]c(=O)n(C3CC3)c12. The Morgan fingerprint density at radius 2 is 1.97 bits per heavy atom. The first-order chi connectivity index (χ1) is 14.3. The van der Waals surface area contributed by atoms with Gasteiger partial charge in [0.1, 0.15) is 11.2 Å². The summed E-state index contributed by atoms with van der Waals surface area (Å²) >= 11 is 0. The third-order valence-electron chi connectivity index (χ3n) is 5.68. The zero-order valence-corrected chi connectivity index (χ0v) is 16.2. The van der Waals surface area contributed by atoms with Gasteiger partial charge in [-0.25, -0.2) is 9.18 Å². The van der Waals surface area contributed by atoms with Crippen LogP contribution in [0.5, 0.6) is 5.75 Å². The first-order valence-corrected chi connectivity index (χ1v) is 9.50. The fraction of sp³-hybridized carbons (Fsp3) is 0.556. The number of ether oxygens (including phenoxy) is 2. The van der Waals surface area contributed by atoms with E-state index in [0.717, 1.165) is 0 Å². The van der Waals surface area contributed by atoms with Crippen LogP contribution >= 0.6 is 0 Å². The third-order valence-corrected chi connectivity index (χ3v) is 5.68. The van der Waals surface area contributed by atoms with Gasteiger partial charge in [0.2, 0.25) is 0 Å². The number of anilines is 2. The number of nitrogens with zero attached hydrogens (tertiary/aromatic N) is 2. The molecular weight excluding hydrogens is 407 g/mol. The van der Waals surface area contributed by atoms with E-state index in [9.17, 15) is 18.4 Å². The monoisotopic (exact) mass is 429 g/mol. The predicted molar refractivity (Wildman–Crippen MR) is 104 cm³/mol. The van der Waals surface area contributed by atoms with Gasteiger partial charge < -0.3 is 25.8 Å². The van der Waals surface area contributed by atoms with E-state index < -0.39 is 41.4 Å². The third kappa shape index (κ3) is 3.19. The molecule has 2 aliphatic rings. The number of aromatic amines is 1. The number of nitrogens with two attached hydrogens (primary N) is 2. The Balaban J connectivity index is 1.95. The maximum atomic E-state index is 15.4. The summed E-state index contributed by atoms with van der Waals surface area (Å²) in [6.07, 6.45) is 0.487. The lowest BCUT2D eigenvalue weighted by Crippen LogP contribution is -2.32. The van der Waals surface area contributed by atoms with Crippen LogP contribution in [0.15, 0.2) is 9.59 Å². The first kappa shape index (κ1) is 20.5. The quantitative estimate of drug-likeness (QED) is 0.578. The Labute approximate surface area is 168 Å². The molecule has 2 aromatic rings. The average Bonchev–Trinajstić information content (AvgIpc) is 3.44. The van der Waals surface area contributed by atoms with Gasteiger partial charge in [-0.3, -0.25) is 14.3 Å². The van der Waals surface area contributed by atoms with E-state index in [0.29, 0.717) is 12.8 Å². The number of benzene rings is 1. The van der Waals surface area contributed by atoms with E-state index in [4.69, 9.17) is 16.2 Å². The van der Waals surface area contributed by atoms with Crippen LogP contribution in [0.3, 0.4) is 0 Å². The molecule has 1 saturated carbocycles. The second kappa shape index (κ2) is 7.51. The number of hydrogen-bond donors (Lipinski definition) is 3. The minimum Gasteiger partial charge on any atom is -0.492 e. The number of alkyl halides is 2. The lowest BCUT2D eigenvalue weighted by molar-refractivity contribution is -0.165. The maximum absolute atomic E-state index is 15.4. The number of halogens is 3. The van der Waals surface area contributed by atoms with Gasteiger partial charge in [-0.05, 0) is 19.4 Å². The van der Waals surface area contributed by atoms with Gasteiger partial charge in [0.25, 0.3) is 5.56 Å². The molecule has 1 aliphatic heterocycles. The van der Waals surface area contributed by atoms with Crippen molar-refractivity contribution in [2.75, 3.05) is 37.4 Å². The largest absolute Gasteiger partial charge is 0.492 e. The van der Waals surface area contributed by atoms with Crippen molar-refractivity contribution in [1.29, 1.82) is 0 Å². The van der Waals surface area contributed by atoms with Crippen molar-refractivity contribution in [1.82, 2.24) is 9.55 Å². The van der Waals surface area contributed by atoms with Gasteiger partial charge in [-0.2, -0.15) is 8.78 Å². The number of nitrogens with one attached hydrogen (secondary N) is 1. The summed E-state index contributed by atoms with van der Waals surface area (Å²) in [5.41, 5.74) is 9.71. The van der Waals surface area contributed by atoms with Crippen LogP contribution in [0.2, 0.25) is 0 Å². The molecule has 0 spiro atoms. The molecular formula is C18H22F3N5O4. The molecule has 1 saturated heterocycles. The standard InChI is InChI=1S/C18H22F3N5O4/c1-29-15-13-10(16(27)24-18(28)26(13)8-2-3-8)12(23)11(19)14(15)25-5-7(4-22)9(6-25)30-17(20)21/h7-9,17H,2-6,22-23H2,1H3,(H,24,27,28). The highest BCUT2D eigenvalue weighted by molar-refractivity contribution is 5.99. The molecule has 1 aromatic carbocycles. The fourth-order valence-corrected chi connectivity index (χ4v) is 4.16. The molecule has 2 fully saturated rings. The van der Waals surface area contributed by atoms with E-state index >= 15 is 4.39 Å². The summed E-state index contributed by atoms with van der Waals surface area (Å²) in [6.45, 7) is -2.92. The normalized spacial score (nSPS) is 21.7. The summed E-state index contributed by atoms with van der Waals surface area (Å²) in [5.74, 6) is -1.47. The van der Waals surface area contributed by atoms with Crippen molar-refractivity contribution >= 4 is 22.3 Å². The minimum atomic E-state index is -3.00. The fourth-order valence-electron chi connectivity index (χ4n) is 4.16. The van der Waals surface area contributed by atoms with Crippen LogP contribution in [0.4, 0.5) is 24.5 Å². The van der Waals surface area contributed by atoms with Crippen LogP contribution in [-0.2, 0) is 4.74 Å². The van der Waals surface area contributed by atoms with E-state index in [-0.39, 0.29) is 48.0 Å². The van der Waals surface area contributed by atoms with Gasteiger partial charge in [-0.1, -0.05) is 0 Å². The molecule has 164 valence electrons. The maximum Gasteiger partial charge on any atom is 0.345 e. The van der Waals surface area contributed by atoms with E-state index in [1.807, 2.05) is 0 Å². The summed E-state index contributed by atoms with van der Waals surface area (Å²) in [7, 11) is 1.28. The molecule has 2 unspecified atom stereocenters. The molecule has 2 heterocycles. The van der Waals surface area contributed by atoms with Crippen molar-refractivity contribution in [2.45, 2.75) is 31.6 Å². The van der Waals surface area contributed by atoms with Crippen LogP contribution in [-0.4, -0.2) is 49.0 Å². The summed E-state index contributed by atoms with van der Waals surface area (Å²) in [6, 6.07) is -0.172. The average molecular weight is 429 g/mol. The molecule has 0 amide bonds. The highest BCUT2D eigenvalue weighted by Gasteiger charge is 2.39. The number of aromatic nitrogens is 2. The van der Waals surface area contributed by atoms with Crippen LogP contribution in [0, 0.1) is 11.7 Å². The molecule has 12 heteroatoms. The molecule has 30 heavy (non-hydrogen) atoms. The molecule has 5 N–H and O–H groups in total. The molecule has 2 atom stereocenters. The Kier molecular flexibility index (Phi) is 5.14. The van der Waals surface area contributed by atoms with E-state index in [2.05, 4.69) is 9.72 Å². The van der Waals surface area contributed by atoms with Crippen molar-refractivity contribution in [2.24, 2.45) is 11.7 Å². The highest BCUT2D eigenvalue weighted by Crippen LogP contribution is 2.46. The number of H-pyrrole nitrogens is 1. The van der Waals surface area contributed by atoms with Crippen LogP contribution < -0.4 is 32.4 Å². The van der Waals surface area contributed by atoms with E-state index in [1.54, 1.807) is 0 Å². The summed E-state index contributed by atoms with van der Waals surface area (Å²) in [5, 5.41) is -0.186. The van der Waals surface area contributed by atoms with Gasteiger partial charge in [0.05, 0.1) is 24.3 Å². The minimum absolute atomic E-state index is 0.0489. The van der Waals surface area contributed by atoms with Crippen molar-refractivity contribution in [3.63, 3.8) is 0 Å². The number of nitrogen functional groups attached to an aromatic ring is 1. The lowest BCUT2D eigenvalue weighted by atomic mass is 10.1. The van der Waals surface area contributed by atoms with Crippen molar-refractivity contribution < 1.29 is 22.6 Å². The number of methoxy groups -OCH3 is 1. The molecule has 9 nitrogen and oxygen atoms in total. The van der Waals surface area contributed by atoms with Crippen molar-refractivity contribution in [3.8, 4) is 5.75 Å². The number of hydrogen-bond acceptors (Lipinski definition) is 7. The topological polar surface area (TPSA) is 129 Å². The Morgan fingerprint density at radius 3 is 2.53 bits per heavy atom. The smallest absolute Gasteiger partial charge is 0.345 e. The van der Waals surface area contributed by atoms with E-state index in [1.165, 1.54) is 16.6 Å². The molecule has 0 bridgehead atoms. The Morgan fingerprint density at radius 1 is 1.27 bits per heavy atom. The second-order valence-corrected chi connectivity index (χ2v) is 7.53. The zero-order chi connectivity index (χ0) is 21.7. The second-order valence-electron chi connectivity index (χ2n) is 7.53. The van der Waals surface area contributed by atoms with Gasteiger partial charge >= 0.3 is 12.3 Å². The summed E-state index contributed by atoms with van der Waals surface area (Å²) in [4.78, 5) is 28.6. The Bertz CT molecular complexity index is 1100. The van der Waals surface area contributed by atoms with Crippen LogP contribution in [0.25, 0.3) is 10.9 Å². The highest BCUT2D eigenvalue weighted by atomic mass is 19.3. The molecule has 1 aliphatic carbocycles. The Hall–Kier alpha value is -2.73. The van der Waals surface area contributed by atoms with Gasteiger partial charge in [0, 0.05) is 25.0 Å². The molecule has 0 radical (unpaired) electrons. The lowest BCUT2D eigenvalue weighted by Gasteiger charge is -2.25. The molecule has 4 rings (SSSR count). The van der Waals surface area contributed by atoms with Gasteiger partial charge in [0.15, 0.2) is 11.6 Å². The number of fused-ring (bicyclic) bond motifs is 1.